The van der Waals surface area contributed by atoms with Crippen LogP contribution in [-0.2, 0) is 9.59 Å². The van der Waals surface area contributed by atoms with E-state index in [1.54, 1.807) is 12.4 Å². The molecule has 0 saturated heterocycles. The number of hydrogen-bond donors (Lipinski definition) is 6. The fourth-order valence-corrected chi connectivity index (χ4v) is 1.15. The maximum absolute atomic E-state index is 9.50. The van der Waals surface area contributed by atoms with Crippen LogP contribution in [0.5, 0.6) is 0 Å². The molecule has 22 heavy (non-hydrogen) atoms. The van der Waals surface area contributed by atoms with Gasteiger partial charge in [-0.15, -0.1) is 0 Å². The summed E-state index contributed by atoms with van der Waals surface area (Å²) >= 11 is 0. The first-order chi connectivity index (χ1) is 9.67. The Kier molecular flexibility index (Phi) is 18.8. The normalized spacial score (nSPS) is 15.4. The summed E-state index contributed by atoms with van der Waals surface area (Å²) in [6, 6.07) is 0. The van der Waals surface area contributed by atoms with Crippen molar-refractivity contribution in [1.82, 2.24) is 0 Å². The van der Waals surface area contributed by atoms with Crippen molar-refractivity contribution in [3.63, 3.8) is 0 Å². The minimum Gasteiger partial charge on any atom is -0.550 e. The molecular weight excluding hydrogens is 313 g/mol. The van der Waals surface area contributed by atoms with Gasteiger partial charge in [-0.05, 0) is 12.8 Å². The molecule has 0 radical (unpaired) electrons. The van der Waals surface area contributed by atoms with Gasteiger partial charge in [0, 0.05) is 11.9 Å². The molecular formula is C11H22NNaO9. The number of carbonyl (C=O) groups excluding carboxylic acids is 2. The van der Waals surface area contributed by atoms with Crippen LogP contribution in [0, 0.1) is 0 Å². The second-order valence-electron chi connectivity index (χ2n) is 4.19. The van der Waals surface area contributed by atoms with Gasteiger partial charge in [0.25, 0.3) is 0 Å². The van der Waals surface area contributed by atoms with E-state index >= 15 is 0 Å². The van der Waals surface area contributed by atoms with E-state index in [4.69, 9.17) is 15.3 Å². The Balaban J connectivity index is -0.000000348. The van der Waals surface area contributed by atoms with E-state index in [1.807, 2.05) is 0 Å². The maximum atomic E-state index is 9.50. The van der Waals surface area contributed by atoms with Crippen LogP contribution >= 0.6 is 0 Å². The van der Waals surface area contributed by atoms with E-state index in [2.05, 4.69) is 0 Å². The topological polar surface area (TPSA) is 198 Å². The average Bonchev–Trinajstić information content (AvgIpc) is 2.43. The second kappa shape index (κ2) is 15.6. The summed E-state index contributed by atoms with van der Waals surface area (Å²) < 4.78 is 0. The van der Waals surface area contributed by atoms with Crippen LogP contribution in [0.3, 0.4) is 0 Å². The van der Waals surface area contributed by atoms with Crippen molar-refractivity contribution in [3.05, 3.63) is 0 Å². The number of carboxylic acids is 2. The first-order valence-corrected chi connectivity index (χ1v) is 6.17. The number of carboxylic acid groups (broad SMARTS) is 2. The van der Waals surface area contributed by atoms with Crippen molar-refractivity contribution >= 4 is 11.9 Å². The van der Waals surface area contributed by atoms with Gasteiger partial charge in [0.2, 0.25) is 0 Å². The van der Waals surface area contributed by atoms with Crippen molar-refractivity contribution in [1.29, 1.82) is 0 Å². The standard InChI is InChI=1S/C7H17NO5.C4H6O4.Na/c1-8-2-4(10)6(12)7(13)5(11)3-9;5-3(6)1-2-4(7)8;/h4-13H,2-3H2,1H3;1-2H2,(H,5,6)(H,7,8);/q;;+1/p-1/t4-,5+,6+,7+;;/m0../s1. The van der Waals surface area contributed by atoms with Crippen LogP contribution in [0.2, 0.25) is 0 Å². The number of carbonyl (C=O) groups is 2. The molecule has 0 aromatic carbocycles. The minimum absolute atomic E-state index is 0. The Morgan fingerprint density at radius 1 is 0.955 bits per heavy atom. The first-order valence-electron chi connectivity index (χ1n) is 6.17. The smallest absolute Gasteiger partial charge is 0.550 e. The van der Waals surface area contributed by atoms with Crippen LogP contribution in [0.1, 0.15) is 12.8 Å². The molecule has 0 saturated carbocycles. The number of likely N-dealkylation sites (N-methyl/N-ethyl adjacent to an activating group) is 1. The molecule has 126 valence electrons. The molecule has 0 rings (SSSR count). The van der Waals surface area contributed by atoms with E-state index < -0.39 is 55.8 Å². The van der Waals surface area contributed by atoms with Gasteiger partial charge in [0.1, 0.15) is 31.0 Å². The molecule has 4 atom stereocenters. The molecule has 0 fully saturated rings. The number of nitrogens with two attached hydrogens (primary N) is 1. The molecule has 11 heteroatoms. The number of rotatable bonds is 9. The monoisotopic (exact) mass is 335 g/mol. The predicted octanol–water partition coefficient (Wildman–Crippen LogP) is -10.1. The van der Waals surface area contributed by atoms with Gasteiger partial charge >= 0.3 is 29.6 Å². The van der Waals surface area contributed by atoms with Gasteiger partial charge in [-0.1, -0.05) is 0 Å². The molecule has 0 aromatic heterocycles. The predicted molar refractivity (Wildman–Crippen MR) is 63.1 cm³/mol. The number of aliphatic carboxylic acids is 2. The van der Waals surface area contributed by atoms with E-state index in [0.29, 0.717) is 0 Å². The van der Waals surface area contributed by atoms with Crippen molar-refractivity contribution in [2.45, 2.75) is 37.3 Å². The summed E-state index contributed by atoms with van der Waals surface area (Å²) in [4.78, 5) is 19.0. The molecule has 0 bridgehead atoms. The largest absolute Gasteiger partial charge is 1.00 e. The summed E-state index contributed by atoms with van der Waals surface area (Å²) in [6.07, 6.45) is -6.47. The number of aliphatic hydroxyl groups excluding tert-OH is 5. The Morgan fingerprint density at radius 3 is 1.59 bits per heavy atom. The Morgan fingerprint density at radius 2 is 1.32 bits per heavy atom. The zero-order valence-corrected chi connectivity index (χ0v) is 14.6. The van der Waals surface area contributed by atoms with Crippen LogP contribution < -0.4 is 45.1 Å². The summed E-state index contributed by atoms with van der Waals surface area (Å²) in [5, 5.41) is 65.6. The maximum Gasteiger partial charge on any atom is 1.00 e. The third kappa shape index (κ3) is 14.6. The number of hydrogen-bond acceptors (Lipinski definition) is 9. The average molecular weight is 335 g/mol. The van der Waals surface area contributed by atoms with Crippen molar-refractivity contribution in [3.8, 4) is 0 Å². The zero-order chi connectivity index (χ0) is 17.0. The fourth-order valence-electron chi connectivity index (χ4n) is 1.15. The van der Waals surface area contributed by atoms with E-state index in [-0.39, 0.29) is 36.1 Å². The summed E-state index contributed by atoms with van der Waals surface area (Å²) in [5.41, 5.74) is 0. The Labute approximate surface area is 149 Å². The van der Waals surface area contributed by atoms with Gasteiger partial charge in [-0.3, -0.25) is 0 Å². The zero-order valence-electron chi connectivity index (χ0n) is 12.6. The third-order valence-electron chi connectivity index (χ3n) is 2.34. The van der Waals surface area contributed by atoms with Gasteiger partial charge in [0.15, 0.2) is 0 Å². The molecule has 0 spiro atoms. The van der Waals surface area contributed by atoms with Gasteiger partial charge in [-0.25, -0.2) is 0 Å². The number of aliphatic hydroxyl groups is 5. The van der Waals surface area contributed by atoms with Gasteiger partial charge in [-0.2, -0.15) is 0 Å². The quantitative estimate of drug-likeness (QED) is 0.221. The molecule has 0 aliphatic heterocycles. The van der Waals surface area contributed by atoms with Crippen LogP contribution in [-0.4, -0.2) is 82.1 Å². The van der Waals surface area contributed by atoms with Crippen LogP contribution in [0.15, 0.2) is 0 Å². The molecule has 7 N–H and O–H groups in total. The van der Waals surface area contributed by atoms with Crippen molar-refractivity contribution in [2.24, 2.45) is 0 Å². The second-order valence-corrected chi connectivity index (χ2v) is 4.19. The molecule has 0 amide bonds. The molecule has 10 nitrogen and oxygen atoms in total. The molecule has 0 heterocycles. The third-order valence-corrected chi connectivity index (χ3v) is 2.34. The SMILES string of the molecule is C[NH2+]C[C@H](O)[C@@H](O)[C@H](O)[C@H](O)CO.O=C([O-])CCC(=O)[O-].[Na+]. The van der Waals surface area contributed by atoms with Crippen LogP contribution in [0.25, 0.3) is 0 Å². The minimum atomic E-state index is -1.53. The molecule has 0 unspecified atom stereocenters. The van der Waals surface area contributed by atoms with Gasteiger partial charge < -0.3 is 50.7 Å². The van der Waals surface area contributed by atoms with E-state index in [9.17, 15) is 30.0 Å². The van der Waals surface area contributed by atoms with Crippen molar-refractivity contribution < 1.29 is 80.2 Å². The fraction of sp³-hybridized carbons (Fsp3) is 0.818. The molecule has 0 aliphatic carbocycles. The first kappa shape index (κ1) is 26.6. The van der Waals surface area contributed by atoms with E-state index in [1.165, 1.54) is 0 Å². The molecule has 0 aliphatic rings. The number of quaternary nitrogens is 1. The summed E-state index contributed by atoms with van der Waals surface area (Å²) in [5.74, 6) is -2.73. The van der Waals surface area contributed by atoms with Crippen molar-refractivity contribution in [2.75, 3.05) is 20.2 Å². The molecule has 0 aromatic rings. The van der Waals surface area contributed by atoms with Gasteiger partial charge in [0.05, 0.1) is 13.7 Å². The van der Waals surface area contributed by atoms with Crippen LogP contribution in [0.4, 0.5) is 0 Å². The Bertz CT molecular complexity index is 291. The Hall–Kier alpha value is -0.300. The summed E-state index contributed by atoms with van der Waals surface area (Å²) in [6.45, 7) is -0.433. The van der Waals surface area contributed by atoms with E-state index in [0.717, 1.165) is 0 Å². The summed E-state index contributed by atoms with van der Waals surface area (Å²) in [7, 11) is 1.70.